The molecule has 0 unspecified atom stereocenters. The van der Waals surface area contributed by atoms with E-state index in [1.807, 2.05) is 0 Å². The molecule has 4 rings (SSSR count). The van der Waals surface area contributed by atoms with Crippen LogP contribution in [0.2, 0.25) is 0 Å². The number of hydrogen-bond acceptors (Lipinski definition) is 6. The quantitative estimate of drug-likeness (QED) is 0.847. The molecule has 0 radical (unpaired) electrons. The van der Waals surface area contributed by atoms with Crippen LogP contribution in [0.25, 0.3) is 0 Å². The molecule has 3 heterocycles. The largest absolute Gasteiger partial charge is 0.376 e. The van der Waals surface area contributed by atoms with Crippen molar-refractivity contribution in [1.29, 1.82) is 0 Å². The summed E-state index contributed by atoms with van der Waals surface area (Å²) in [5.74, 6) is 2.48. The maximum absolute atomic E-state index is 12.2. The van der Waals surface area contributed by atoms with Crippen LogP contribution in [0.1, 0.15) is 62.1 Å². The summed E-state index contributed by atoms with van der Waals surface area (Å²) in [6.07, 6.45) is 6.82. The van der Waals surface area contributed by atoms with E-state index < -0.39 is 0 Å². The average molecular weight is 334 g/mol. The highest BCUT2D eigenvalue weighted by Crippen LogP contribution is 2.39. The first kappa shape index (κ1) is 16.0. The van der Waals surface area contributed by atoms with E-state index in [1.54, 1.807) is 0 Å². The Labute approximate surface area is 142 Å². The number of likely N-dealkylation sites (tertiary alicyclic amines) is 1. The molecule has 1 aliphatic carbocycles. The van der Waals surface area contributed by atoms with Gasteiger partial charge in [0.15, 0.2) is 5.82 Å². The third-order valence-corrected chi connectivity index (χ3v) is 5.17. The van der Waals surface area contributed by atoms with E-state index in [-0.39, 0.29) is 17.9 Å². The molecule has 3 aliphatic rings. The zero-order chi connectivity index (χ0) is 16.4. The summed E-state index contributed by atoms with van der Waals surface area (Å²) in [5, 5.41) is 7.17. The number of nitrogens with one attached hydrogen (secondary N) is 1. The molecule has 132 valence electrons. The Kier molecular flexibility index (Phi) is 4.80. The van der Waals surface area contributed by atoms with Gasteiger partial charge in [-0.3, -0.25) is 9.69 Å². The summed E-state index contributed by atoms with van der Waals surface area (Å²) in [7, 11) is 0. The molecule has 3 fully saturated rings. The standard InChI is InChI=1S/C17H26N4O3/c22-15(18-9-14-4-2-8-23-14)11-21-7-1-3-13(10-21)16-19-17(24-20-16)12-5-6-12/h12-14H,1-11H2,(H,18,22)/t13-,14-/m1/s1. The maximum atomic E-state index is 12.2. The van der Waals surface area contributed by atoms with Gasteiger partial charge in [0.25, 0.3) is 0 Å². The van der Waals surface area contributed by atoms with E-state index in [0.717, 1.165) is 57.1 Å². The Morgan fingerprint density at radius 1 is 1.21 bits per heavy atom. The number of amides is 1. The maximum Gasteiger partial charge on any atom is 0.234 e. The highest BCUT2D eigenvalue weighted by Gasteiger charge is 2.32. The Hall–Kier alpha value is -1.47. The molecule has 1 aromatic heterocycles. The van der Waals surface area contributed by atoms with Crippen molar-refractivity contribution >= 4 is 5.91 Å². The minimum atomic E-state index is 0.0814. The SMILES string of the molecule is O=C(CN1CCC[C@@H](c2noc(C3CC3)n2)C1)NC[C@H]1CCCO1. The van der Waals surface area contributed by atoms with Gasteiger partial charge in [0.1, 0.15) is 0 Å². The third-order valence-electron chi connectivity index (χ3n) is 5.17. The van der Waals surface area contributed by atoms with E-state index in [4.69, 9.17) is 9.26 Å². The number of piperidine rings is 1. The molecule has 1 amide bonds. The van der Waals surface area contributed by atoms with Gasteiger partial charge < -0.3 is 14.6 Å². The number of nitrogens with zero attached hydrogens (tertiary/aromatic N) is 3. The molecule has 0 bridgehead atoms. The topological polar surface area (TPSA) is 80.5 Å². The van der Waals surface area contributed by atoms with Crippen molar-refractivity contribution in [1.82, 2.24) is 20.4 Å². The summed E-state index contributed by atoms with van der Waals surface area (Å²) < 4.78 is 10.9. The van der Waals surface area contributed by atoms with Crippen molar-refractivity contribution < 1.29 is 14.1 Å². The number of ether oxygens (including phenoxy) is 1. The van der Waals surface area contributed by atoms with Gasteiger partial charge in [0.05, 0.1) is 12.6 Å². The number of carbonyl (C=O) groups excluding carboxylic acids is 1. The molecule has 7 nitrogen and oxygen atoms in total. The molecule has 1 saturated carbocycles. The van der Waals surface area contributed by atoms with E-state index in [9.17, 15) is 4.79 Å². The van der Waals surface area contributed by atoms with Crippen molar-refractivity contribution in [3.05, 3.63) is 11.7 Å². The summed E-state index contributed by atoms with van der Waals surface area (Å²) in [5.41, 5.74) is 0. The van der Waals surface area contributed by atoms with Gasteiger partial charge in [-0.05, 0) is 45.1 Å². The van der Waals surface area contributed by atoms with Crippen molar-refractivity contribution in [3.63, 3.8) is 0 Å². The van der Waals surface area contributed by atoms with Crippen LogP contribution in [0.15, 0.2) is 4.52 Å². The first-order valence-corrected chi connectivity index (χ1v) is 9.22. The summed E-state index contributed by atoms with van der Waals surface area (Å²) in [6, 6.07) is 0. The van der Waals surface area contributed by atoms with Gasteiger partial charge in [-0.15, -0.1) is 0 Å². The summed E-state index contributed by atoms with van der Waals surface area (Å²) >= 11 is 0. The van der Waals surface area contributed by atoms with Gasteiger partial charge in [-0.2, -0.15) is 4.98 Å². The molecule has 1 N–H and O–H groups in total. The number of carbonyl (C=O) groups is 1. The Morgan fingerprint density at radius 2 is 2.12 bits per heavy atom. The fourth-order valence-corrected chi connectivity index (χ4v) is 3.61. The fraction of sp³-hybridized carbons (Fsp3) is 0.824. The van der Waals surface area contributed by atoms with Crippen LogP contribution in [0.4, 0.5) is 0 Å². The second kappa shape index (κ2) is 7.19. The lowest BCUT2D eigenvalue weighted by Gasteiger charge is -2.30. The van der Waals surface area contributed by atoms with E-state index in [2.05, 4.69) is 20.4 Å². The Bertz CT molecular complexity index is 566. The molecular formula is C17H26N4O3. The monoisotopic (exact) mass is 334 g/mol. The lowest BCUT2D eigenvalue weighted by atomic mass is 9.97. The minimum Gasteiger partial charge on any atom is -0.376 e. The van der Waals surface area contributed by atoms with Crippen LogP contribution in [-0.4, -0.2) is 59.8 Å². The average Bonchev–Trinajstić information content (AvgIpc) is 3.12. The summed E-state index contributed by atoms with van der Waals surface area (Å²) in [6.45, 7) is 3.68. The fourth-order valence-electron chi connectivity index (χ4n) is 3.61. The molecule has 0 spiro atoms. The first-order chi connectivity index (χ1) is 11.8. The number of hydrogen-bond donors (Lipinski definition) is 1. The van der Waals surface area contributed by atoms with Crippen molar-refractivity contribution in [2.75, 3.05) is 32.8 Å². The van der Waals surface area contributed by atoms with Crippen molar-refractivity contribution in [3.8, 4) is 0 Å². The normalized spacial score (nSPS) is 28.2. The Balaban J connectivity index is 1.25. The molecule has 1 aromatic rings. The molecule has 7 heteroatoms. The predicted molar refractivity (Wildman–Crippen MR) is 86.7 cm³/mol. The van der Waals surface area contributed by atoms with Crippen LogP contribution >= 0.6 is 0 Å². The third kappa shape index (κ3) is 3.95. The minimum absolute atomic E-state index is 0.0814. The summed E-state index contributed by atoms with van der Waals surface area (Å²) in [4.78, 5) is 18.9. The first-order valence-electron chi connectivity index (χ1n) is 9.22. The van der Waals surface area contributed by atoms with E-state index in [0.29, 0.717) is 19.0 Å². The lowest BCUT2D eigenvalue weighted by Crippen LogP contribution is -2.43. The van der Waals surface area contributed by atoms with Crippen LogP contribution in [-0.2, 0) is 9.53 Å². The highest BCUT2D eigenvalue weighted by atomic mass is 16.5. The van der Waals surface area contributed by atoms with E-state index in [1.165, 1.54) is 12.8 Å². The van der Waals surface area contributed by atoms with Crippen LogP contribution in [0.5, 0.6) is 0 Å². The zero-order valence-electron chi connectivity index (χ0n) is 14.1. The van der Waals surface area contributed by atoms with Crippen molar-refractivity contribution in [2.45, 2.75) is 56.5 Å². The van der Waals surface area contributed by atoms with Crippen LogP contribution in [0.3, 0.4) is 0 Å². The number of aromatic nitrogens is 2. The molecule has 2 saturated heterocycles. The van der Waals surface area contributed by atoms with E-state index >= 15 is 0 Å². The second-order valence-corrected chi connectivity index (χ2v) is 7.28. The second-order valence-electron chi connectivity index (χ2n) is 7.28. The molecule has 0 aromatic carbocycles. The van der Waals surface area contributed by atoms with Gasteiger partial charge in [0, 0.05) is 31.5 Å². The smallest absolute Gasteiger partial charge is 0.234 e. The van der Waals surface area contributed by atoms with Crippen LogP contribution in [0, 0.1) is 0 Å². The number of rotatable bonds is 6. The lowest BCUT2D eigenvalue weighted by molar-refractivity contribution is -0.123. The molecule has 24 heavy (non-hydrogen) atoms. The van der Waals surface area contributed by atoms with Crippen molar-refractivity contribution in [2.24, 2.45) is 0 Å². The van der Waals surface area contributed by atoms with Gasteiger partial charge in [0.2, 0.25) is 11.8 Å². The van der Waals surface area contributed by atoms with Gasteiger partial charge >= 0.3 is 0 Å². The molecule has 2 atom stereocenters. The van der Waals surface area contributed by atoms with Gasteiger partial charge in [-0.25, -0.2) is 0 Å². The van der Waals surface area contributed by atoms with Crippen LogP contribution < -0.4 is 5.32 Å². The Morgan fingerprint density at radius 3 is 2.92 bits per heavy atom. The molecule has 2 aliphatic heterocycles. The highest BCUT2D eigenvalue weighted by molar-refractivity contribution is 5.78. The zero-order valence-corrected chi connectivity index (χ0v) is 14.1. The predicted octanol–water partition coefficient (Wildman–Crippen LogP) is 1.42. The van der Waals surface area contributed by atoms with Gasteiger partial charge in [-0.1, -0.05) is 5.16 Å². The molecular weight excluding hydrogens is 308 g/mol.